The number of hydrogen-bond acceptors (Lipinski definition) is 3. The molecule has 0 aliphatic carbocycles. The van der Waals surface area contributed by atoms with E-state index in [4.69, 9.17) is 0 Å². The van der Waals surface area contributed by atoms with Crippen LogP contribution in [0.3, 0.4) is 0 Å². The van der Waals surface area contributed by atoms with Gasteiger partial charge < -0.3 is 0 Å². The molecule has 1 saturated heterocycles. The van der Waals surface area contributed by atoms with Crippen molar-refractivity contribution >= 4 is 0 Å². The quantitative estimate of drug-likeness (QED) is 0.582. The maximum absolute atomic E-state index is 2.77. The molecule has 0 radical (unpaired) electrons. The summed E-state index contributed by atoms with van der Waals surface area (Å²) in [6.07, 6.45) is 11.0. The molecule has 3 unspecified atom stereocenters. The van der Waals surface area contributed by atoms with Gasteiger partial charge in [-0.05, 0) is 46.5 Å². The van der Waals surface area contributed by atoms with Crippen LogP contribution in [0.5, 0.6) is 0 Å². The molecule has 0 aromatic carbocycles. The van der Waals surface area contributed by atoms with Crippen molar-refractivity contribution in [2.45, 2.75) is 117 Å². The molecule has 0 bridgehead atoms. The average Bonchev–Trinajstić information content (AvgIpc) is 2.63. The Balaban J connectivity index is 2.86. The molecule has 1 heterocycles. The molecule has 1 aliphatic heterocycles. The first-order valence-electron chi connectivity index (χ1n) is 10.2. The van der Waals surface area contributed by atoms with Gasteiger partial charge in [0, 0.05) is 31.7 Å². The SMILES string of the molecule is CCCCC(C)N1C(C)CCN(C(CCC)CCC)N(C)C1C. The van der Waals surface area contributed by atoms with Crippen LogP contribution < -0.4 is 0 Å². The fourth-order valence-electron chi connectivity index (χ4n) is 4.40. The summed E-state index contributed by atoms with van der Waals surface area (Å²) in [5.74, 6) is 0. The van der Waals surface area contributed by atoms with Crippen molar-refractivity contribution in [2.75, 3.05) is 13.6 Å². The summed E-state index contributed by atoms with van der Waals surface area (Å²) in [5.41, 5.74) is 0. The third-order valence-electron chi connectivity index (χ3n) is 5.81. The summed E-state index contributed by atoms with van der Waals surface area (Å²) in [6.45, 7) is 15.4. The lowest BCUT2D eigenvalue weighted by Crippen LogP contribution is -2.56. The minimum absolute atomic E-state index is 0.496. The standard InChI is InChI=1S/C20H43N3/c1-8-11-14-17(4)23-18(5)15-16-22(21(7)19(23)6)20(12-9-2)13-10-3/h17-20H,8-16H2,1-7H3. The van der Waals surface area contributed by atoms with Gasteiger partial charge in [-0.15, -0.1) is 0 Å². The van der Waals surface area contributed by atoms with Crippen molar-refractivity contribution in [1.29, 1.82) is 0 Å². The molecule has 3 heteroatoms. The predicted molar refractivity (Wildman–Crippen MR) is 102 cm³/mol. The highest BCUT2D eigenvalue weighted by molar-refractivity contribution is 4.84. The molecule has 1 aliphatic rings. The van der Waals surface area contributed by atoms with Crippen LogP contribution >= 0.6 is 0 Å². The number of rotatable bonds is 9. The fourth-order valence-corrected chi connectivity index (χ4v) is 4.40. The Morgan fingerprint density at radius 2 is 1.57 bits per heavy atom. The zero-order valence-corrected chi connectivity index (χ0v) is 17.0. The van der Waals surface area contributed by atoms with Crippen molar-refractivity contribution in [3.8, 4) is 0 Å². The van der Waals surface area contributed by atoms with Crippen LogP contribution in [0.25, 0.3) is 0 Å². The number of hydrazine groups is 1. The molecule has 1 fully saturated rings. The Labute approximate surface area is 146 Å². The van der Waals surface area contributed by atoms with Gasteiger partial charge in [0.25, 0.3) is 0 Å². The zero-order chi connectivity index (χ0) is 17.4. The summed E-state index contributed by atoms with van der Waals surface area (Å²) >= 11 is 0. The molecular weight excluding hydrogens is 282 g/mol. The molecule has 0 aromatic rings. The predicted octanol–water partition coefficient (Wildman–Crippen LogP) is 5.12. The first-order chi connectivity index (χ1) is 11.0. The molecule has 0 aromatic heterocycles. The lowest BCUT2D eigenvalue weighted by molar-refractivity contribution is -0.108. The fraction of sp³-hybridized carbons (Fsp3) is 1.00. The van der Waals surface area contributed by atoms with Gasteiger partial charge in [0.05, 0.1) is 6.17 Å². The van der Waals surface area contributed by atoms with Gasteiger partial charge >= 0.3 is 0 Å². The molecule has 0 N–H and O–H groups in total. The van der Waals surface area contributed by atoms with E-state index in [1.165, 1.54) is 57.9 Å². The zero-order valence-electron chi connectivity index (χ0n) is 17.0. The van der Waals surface area contributed by atoms with Crippen LogP contribution in [0.15, 0.2) is 0 Å². The average molecular weight is 326 g/mol. The van der Waals surface area contributed by atoms with Crippen molar-refractivity contribution in [3.63, 3.8) is 0 Å². The van der Waals surface area contributed by atoms with E-state index in [0.717, 1.165) is 6.04 Å². The number of nitrogens with zero attached hydrogens (tertiary/aromatic N) is 3. The van der Waals surface area contributed by atoms with Gasteiger partial charge in [-0.1, -0.05) is 46.5 Å². The Bertz CT molecular complexity index is 301. The van der Waals surface area contributed by atoms with Gasteiger partial charge in [-0.25, -0.2) is 10.0 Å². The number of hydrogen-bond donors (Lipinski definition) is 0. The molecule has 23 heavy (non-hydrogen) atoms. The first-order valence-corrected chi connectivity index (χ1v) is 10.2. The van der Waals surface area contributed by atoms with E-state index < -0.39 is 0 Å². The van der Waals surface area contributed by atoms with Crippen molar-refractivity contribution in [2.24, 2.45) is 0 Å². The highest BCUT2D eigenvalue weighted by Crippen LogP contribution is 2.27. The molecule has 3 nitrogen and oxygen atoms in total. The summed E-state index contributed by atoms with van der Waals surface area (Å²) in [6, 6.07) is 2.07. The summed E-state index contributed by atoms with van der Waals surface area (Å²) in [7, 11) is 2.32. The van der Waals surface area contributed by atoms with E-state index in [9.17, 15) is 0 Å². The number of unbranched alkanes of at least 4 members (excludes halogenated alkanes) is 1. The van der Waals surface area contributed by atoms with Crippen molar-refractivity contribution in [1.82, 2.24) is 14.9 Å². The highest BCUT2D eigenvalue weighted by Gasteiger charge is 2.35. The normalized spacial score (nSPS) is 26.6. The van der Waals surface area contributed by atoms with Crippen molar-refractivity contribution in [3.05, 3.63) is 0 Å². The minimum atomic E-state index is 0.496. The van der Waals surface area contributed by atoms with Crippen LogP contribution in [-0.4, -0.2) is 52.8 Å². The monoisotopic (exact) mass is 325 g/mol. The maximum Gasteiger partial charge on any atom is 0.0733 e. The maximum atomic E-state index is 2.77. The second-order valence-corrected chi connectivity index (χ2v) is 7.68. The van der Waals surface area contributed by atoms with E-state index in [2.05, 4.69) is 63.5 Å². The Morgan fingerprint density at radius 3 is 2.09 bits per heavy atom. The molecule has 1 rings (SSSR count). The molecule has 3 atom stereocenters. The van der Waals surface area contributed by atoms with E-state index in [1.54, 1.807) is 0 Å². The lowest BCUT2D eigenvalue weighted by Gasteiger charge is -2.45. The summed E-state index contributed by atoms with van der Waals surface area (Å²) < 4.78 is 0. The van der Waals surface area contributed by atoms with Crippen molar-refractivity contribution < 1.29 is 0 Å². The van der Waals surface area contributed by atoms with Crippen LogP contribution in [0.4, 0.5) is 0 Å². The van der Waals surface area contributed by atoms with E-state index >= 15 is 0 Å². The van der Waals surface area contributed by atoms with E-state index in [-0.39, 0.29) is 0 Å². The lowest BCUT2D eigenvalue weighted by atomic mass is 10.0. The highest BCUT2D eigenvalue weighted by atomic mass is 15.7. The Morgan fingerprint density at radius 1 is 0.957 bits per heavy atom. The molecule has 0 spiro atoms. The minimum Gasteiger partial charge on any atom is -0.282 e. The smallest absolute Gasteiger partial charge is 0.0733 e. The van der Waals surface area contributed by atoms with Gasteiger partial charge in [-0.3, -0.25) is 4.90 Å². The molecule has 138 valence electrons. The van der Waals surface area contributed by atoms with Gasteiger partial charge in [0.2, 0.25) is 0 Å². The van der Waals surface area contributed by atoms with Gasteiger partial charge in [0.1, 0.15) is 0 Å². The Kier molecular flexibility index (Phi) is 9.72. The topological polar surface area (TPSA) is 9.72 Å². The van der Waals surface area contributed by atoms with Crippen LogP contribution in [-0.2, 0) is 0 Å². The molecule has 0 saturated carbocycles. The second kappa shape index (κ2) is 10.7. The molecule has 0 amide bonds. The van der Waals surface area contributed by atoms with Crippen LogP contribution in [0, 0.1) is 0 Å². The van der Waals surface area contributed by atoms with Crippen LogP contribution in [0.2, 0.25) is 0 Å². The third-order valence-corrected chi connectivity index (χ3v) is 5.81. The molecular formula is C20H43N3. The summed E-state index contributed by atoms with van der Waals surface area (Å²) in [4.78, 5) is 2.77. The second-order valence-electron chi connectivity index (χ2n) is 7.68. The van der Waals surface area contributed by atoms with E-state index in [1.807, 2.05) is 0 Å². The van der Waals surface area contributed by atoms with Gasteiger partial charge in [-0.2, -0.15) is 0 Å². The third kappa shape index (κ3) is 5.72. The summed E-state index contributed by atoms with van der Waals surface area (Å²) in [5, 5.41) is 5.25. The largest absolute Gasteiger partial charge is 0.282 e. The Hall–Kier alpha value is -0.120. The van der Waals surface area contributed by atoms with Crippen LogP contribution in [0.1, 0.15) is 92.9 Å². The first kappa shape index (κ1) is 20.9. The van der Waals surface area contributed by atoms with E-state index in [0.29, 0.717) is 18.2 Å². The van der Waals surface area contributed by atoms with Gasteiger partial charge in [0.15, 0.2) is 0 Å².